The number of H-pyrrole nitrogens is 1. The Bertz CT molecular complexity index is 1600. The van der Waals surface area contributed by atoms with E-state index >= 15 is 0 Å². The highest BCUT2D eigenvalue weighted by molar-refractivity contribution is 6.65. The van der Waals surface area contributed by atoms with Gasteiger partial charge in [-0.1, -0.05) is 60.7 Å². The van der Waals surface area contributed by atoms with Crippen molar-refractivity contribution in [2.75, 3.05) is 6.54 Å². The molecule has 2 saturated heterocycles. The van der Waals surface area contributed by atoms with Crippen LogP contribution in [0.25, 0.3) is 33.2 Å². The molecule has 218 valence electrons. The molecular formula is C34H40BN3O4. The first-order chi connectivity index (χ1) is 19.8. The second-order valence-corrected chi connectivity index (χ2v) is 13.4. The average molecular weight is 566 g/mol. The van der Waals surface area contributed by atoms with Crippen molar-refractivity contribution < 1.29 is 18.8 Å². The highest BCUT2D eigenvalue weighted by Gasteiger charge is 2.52. The largest absolute Gasteiger partial charge is 0.495 e. The fraction of sp³-hybridized carbons (Fsp3) is 0.412. The quantitative estimate of drug-likeness (QED) is 0.264. The molecule has 3 aromatic carbocycles. The molecular weight excluding hydrogens is 525 g/mol. The van der Waals surface area contributed by atoms with Gasteiger partial charge in [0.25, 0.3) is 0 Å². The van der Waals surface area contributed by atoms with Crippen LogP contribution in [0.1, 0.15) is 73.2 Å². The molecule has 1 N–H and O–H groups in total. The second-order valence-electron chi connectivity index (χ2n) is 13.4. The molecule has 1 atom stereocenters. The zero-order valence-electron chi connectivity index (χ0n) is 25.7. The number of hydrogen-bond donors (Lipinski definition) is 1. The number of likely N-dealkylation sites (tertiary alicyclic amines) is 1. The van der Waals surface area contributed by atoms with Crippen LogP contribution < -0.4 is 5.46 Å². The minimum absolute atomic E-state index is 0.110. The number of rotatable bonds is 4. The molecule has 0 spiro atoms. The first-order valence-electron chi connectivity index (χ1n) is 14.9. The summed E-state index contributed by atoms with van der Waals surface area (Å²) in [5.41, 5.74) is 3.96. The van der Waals surface area contributed by atoms with E-state index in [1.54, 1.807) is 4.90 Å². The molecule has 0 radical (unpaired) electrons. The van der Waals surface area contributed by atoms with Gasteiger partial charge in [0.2, 0.25) is 0 Å². The number of carbonyl (C=O) groups excluding carboxylic acids is 1. The lowest BCUT2D eigenvalue weighted by Crippen LogP contribution is -2.41. The first kappa shape index (κ1) is 28.5. The molecule has 42 heavy (non-hydrogen) atoms. The van der Waals surface area contributed by atoms with Crippen molar-refractivity contribution in [3.63, 3.8) is 0 Å². The second kappa shape index (κ2) is 10.3. The van der Waals surface area contributed by atoms with Crippen LogP contribution in [0.5, 0.6) is 0 Å². The topological polar surface area (TPSA) is 76.7 Å². The summed E-state index contributed by atoms with van der Waals surface area (Å²) in [5, 5.41) is 2.28. The molecule has 2 aliphatic rings. The van der Waals surface area contributed by atoms with Gasteiger partial charge in [-0.3, -0.25) is 4.90 Å². The van der Waals surface area contributed by atoms with E-state index < -0.39 is 23.9 Å². The monoisotopic (exact) mass is 565 g/mol. The average Bonchev–Trinajstić information content (AvgIpc) is 3.65. The summed E-state index contributed by atoms with van der Waals surface area (Å²) in [4.78, 5) is 22.7. The smallest absolute Gasteiger partial charge is 0.444 e. The molecule has 2 fully saturated rings. The predicted octanol–water partition coefficient (Wildman–Crippen LogP) is 7.27. The van der Waals surface area contributed by atoms with Crippen LogP contribution >= 0.6 is 0 Å². The number of fused-ring (bicyclic) bond motifs is 1. The molecule has 0 saturated carbocycles. The summed E-state index contributed by atoms with van der Waals surface area (Å²) in [7, 11) is -0.419. The van der Waals surface area contributed by atoms with Crippen molar-refractivity contribution in [1.29, 1.82) is 0 Å². The number of carbonyl (C=O) groups is 1. The zero-order chi connectivity index (χ0) is 29.9. The summed E-state index contributed by atoms with van der Waals surface area (Å²) in [6.07, 6.45) is 3.35. The third-order valence-corrected chi connectivity index (χ3v) is 8.76. The zero-order valence-corrected chi connectivity index (χ0v) is 25.7. The molecule has 3 heterocycles. The van der Waals surface area contributed by atoms with Crippen LogP contribution in [0.2, 0.25) is 0 Å². The van der Waals surface area contributed by atoms with Crippen LogP contribution in [0.3, 0.4) is 0 Å². The number of aromatic nitrogens is 2. The molecule has 6 rings (SSSR count). The number of aromatic amines is 1. The lowest BCUT2D eigenvalue weighted by atomic mass is 9.75. The third-order valence-electron chi connectivity index (χ3n) is 8.76. The number of imidazole rings is 1. The number of nitrogens with one attached hydrogen (secondary N) is 1. The third kappa shape index (κ3) is 5.22. The highest BCUT2D eigenvalue weighted by atomic mass is 16.7. The SMILES string of the molecule is CC(C)(C)OC(=O)N1CCC[C@H]1c1ncc(-c2ccc(-c3cccc4c(B5OC(C)(C)C(C)(C)O5)cccc34)cc2)[nH]1. The van der Waals surface area contributed by atoms with Crippen molar-refractivity contribution in [3.05, 3.63) is 72.7 Å². The Balaban J connectivity index is 1.25. The summed E-state index contributed by atoms with van der Waals surface area (Å²) in [5.74, 6) is 0.793. The van der Waals surface area contributed by atoms with Crippen molar-refractivity contribution in [2.45, 2.75) is 84.2 Å². The Kier molecular flexibility index (Phi) is 6.98. The van der Waals surface area contributed by atoms with E-state index in [0.29, 0.717) is 6.54 Å². The number of hydrogen-bond acceptors (Lipinski definition) is 5. The van der Waals surface area contributed by atoms with Gasteiger partial charge in [-0.2, -0.15) is 0 Å². The summed E-state index contributed by atoms with van der Waals surface area (Å²) < 4.78 is 18.4. The maximum absolute atomic E-state index is 12.8. The molecule has 8 heteroatoms. The van der Waals surface area contributed by atoms with E-state index in [1.165, 1.54) is 0 Å². The Morgan fingerprint density at radius 3 is 2.29 bits per heavy atom. The van der Waals surface area contributed by atoms with Gasteiger partial charge in [0.05, 0.1) is 29.1 Å². The lowest BCUT2D eigenvalue weighted by Gasteiger charge is -2.32. The van der Waals surface area contributed by atoms with E-state index in [1.807, 2.05) is 27.0 Å². The van der Waals surface area contributed by atoms with Crippen LogP contribution in [-0.2, 0) is 14.0 Å². The summed E-state index contributed by atoms with van der Waals surface area (Å²) in [6.45, 7) is 14.7. The van der Waals surface area contributed by atoms with Gasteiger partial charge >= 0.3 is 13.2 Å². The van der Waals surface area contributed by atoms with Crippen molar-refractivity contribution in [1.82, 2.24) is 14.9 Å². The molecule has 0 aliphatic carbocycles. The fourth-order valence-electron chi connectivity index (χ4n) is 5.83. The lowest BCUT2D eigenvalue weighted by molar-refractivity contribution is 0.00578. The first-order valence-corrected chi connectivity index (χ1v) is 14.9. The molecule has 2 aliphatic heterocycles. The Labute approximate surface area is 248 Å². The van der Waals surface area contributed by atoms with Gasteiger partial charge in [-0.15, -0.1) is 0 Å². The highest BCUT2D eigenvalue weighted by Crippen LogP contribution is 2.38. The number of benzene rings is 3. The maximum Gasteiger partial charge on any atom is 0.495 e. The van der Waals surface area contributed by atoms with Gasteiger partial charge in [-0.25, -0.2) is 9.78 Å². The van der Waals surface area contributed by atoms with Crippen molar-refractivity contribution >= 4 is 29.4 Å². The fourth-order valence-corrected chi connectivity index (χ4v) is 5.83. The van der Waals surface area contributed by atoms with Gasteiger partial charge < -0.3 is 19.0 Å². The molecule has 4 aromatic rings. The number of ether oxygens (including phenoxy) is 1. The summed E-state index contributed by atoms with van der Waals surface area (Å²) >= 11 is 0. The Morgan fingerprint density at radius 2 is 1.60 bits per heavy atom. The normalized spacial score (nSPS) is 19.9. The van der Waals surface area contributed by atoms with Gasteiger partial charge in [0, 0.05) is 6.54 Å². The van der Waals surface area contributed by atoms with Gasteiger partial charge in [0.15, 0.2) is 0 Å². The van der Waals surface area contributed by atoms with Crippen LogP contribution in [-0.4, -0.2) is 51.4 Å². The molecule has 0 bridgehead atoms. The molecule has 0 unspecified atom stereocenters. The minimum atomic E-state index is -0.530. The Morgan fingerprint density at radius 1 is 0.952 bits per heavy atom. The van der Waals surface area contributed by atoms with Gasteiger partial charge in [-0.05, 0) is 94.2 Å². The van der Waals surface area contributed by atoms with Crippen molar-refractivity contribution in [2.24, 2.45) is 0 Å². The molecule has 1 amide bonds. The van der Waals surface area contributed by atoms with Crippen LogP contribution in [0, 0.1) is 0 Å². The predicted molar refractivity (Wildman–Crippen MR) is 168 cm³/mol. The van der Waals surface area contributed by atoms with Crippen LogP contribution in [0.15, 0.2) is 66.9 Å². The number of amides is 1. The van der Waals surface area contributed by atoms with E-state index in [9.17, 15) is 4.79 Å². The maximum atomic E-state index is 12.8. The van der Waals surface area contributed by atoms with Gasteiger partial charge in [0.1, 0.15) is 11.4 Å². The van der Waals surface area contributed by atoms with Crippen LogP contribution in [0.4, 0.5) is 4.79 Å². The van der Waals surface area contributed by atoms with E-state index in [2.05, 4.69) is 98.3 Å². The van der Waals surface area contributed by atoms with Crippen molar-refractivity contribution in [3.8, 4) is 22.4 Å². The standard InChI is InChI=1S/C34H40BN3O4/c1-32(2,3)40-31(39)38-20-10-15-29(38)30-36-21-28(37-30)23-18-16-22(17-19-23)24-11-8-13-26-25(24)12-9-14-27(26)35-41-33(4,5)34(6,7)42-35/h8-9,11-14,16-19,21,29H,10,15,20H2,1-7H3,(H,36,37)/t29-/m0/s1. The number of nitrogens with zero attached hydrogens (tertiary/aromatic N) is 2. The summed E-state index contributed by atoms with van der Waals surface area (Å²) in [6, 6.07) is 21.1. The Hall–Kier alpha value is -3.62. The molecule has 1 aromatic heterocycles. The minimum Gasteiger partial charge on any atom is -0.444 e. The van der Waals surface area contributed by atoms with E-state index in [4.69, 9.17) is 14.0 Å². The van der Waals surface area contributed by atoms with E-state index in [-0.39, 0.29) is 12.1 Å². The molecule has 7 nitrogen and oxygen atoms in total. The van der Waals surface area contributed by atoms with E-state index in [0.717, 1.165) is 57.3 Å².